The first kappa shape index (κ1) is 19.4. The fourth-order valence-electron chi connectivity index (χ4n) is 2.34. The normalized spacial score (nSPS) is 11.2. The standard InChI is InChI=1S/C19H19BrN4O2S/c1-3-26-17-10-15(9-16(20)18(17)25)11-21-24-13(2)22-23-19(24)27-12-14-7-5-4-6-8-14/h4-11,25H,3,12H2,1-2H3/b21-11+. The molecule has 0 bridgehead atoms. The number of benzene rings is 2. The van der Waals surface area contributed by atoms with Gasteiger partial charge < -0.3 is 9.84 Å². The Morgan fingerprint density at radius 2 is 2.04 bits per heavy atom. The molecule has 2 aromatic carbocycles. The maximum absolute atomic E-state index is 10.0. The fourth-order valence-corrected chi connectivity index (χ4v) is 3.69. The highest BCUT2D eigenvalue weighted by Gasteiger charge is 2.11. The van der Waals surface area contributed by atoms with Gasteiger partial charge >= 0.3 is 0 Å². The molecule has 0 fully saturated rings. The summed E-state index contributed by atoms with van der Waals surface area (Å²) in [6, 6.07) is 13.7. The van der Waals surface area contributed by atoms with Crippen LogP contribution in [0.25, 0.3) is 0 Å². The number of phenolic OH excluding ortho intramolecular Hbond substituents is 1. The second kappa shape index (κ2) is 9.05. The van der Waals surface area contributed by atoms with Crippen molar-refractivity contribution in [2.75, 3.05) is 6.61 Å². The van der Waals surface area contributed by atoms with Crippen LogP contribution < -0.4 is 4.74 Å². The summed E-state index contributed by atoms with van der Waals surface area (Å²) < 4.78 is 7.71. The van der Waals surface area contributed by atoms with Crippen molar-refractivity contribution in [3.63, 3.8) is 0 Å². The fraction of sp³-hybridized carbons (Fsp3) is 0.211. The molecule has 140 valence electrons. The molecular weight excluding hydrogens is 428 g/mol. The molecule has 0 unspecified atom stereocenters. The van der Waals surface area contributed by atoms with Gasteiger partial charge in [-0.2, -0.15) is 9.78 Å². The molecule has 1 aromatic heterocycles. The monoisotopic (exact) mass is 446 g/mol. The van der Waals surface area contributed by atoms with Gasteiger partial charge in [0.1, 0.15) is 0 Å². The maximum atomic E-state index is 10.0. The molecule has 0 saturated carbocycles. The van der Waals surface area contributed by atoms with Gasteiger partial charge in [-0.15, -0.1) is 10.2 Å². The zero-order chi connectivity index (χ0) is 19.2. The van der Waals surface area contributed by atoms with E-state index in [1.165, 1.54) is 5.56 Å². The Bertz CT molecular complexity index is 944. The number of phenols is 1. The maximum Gasteiger partial charge on any atom is 0.212 e. The van der Waals surface area contributed by atoms with E-state index in [-0.39, 0.29) is 5.75 Å². The van der Waals surface area contributed by atoms with Crippen LogP contribution in [0, 0.1) is 6.92 Å². The summed E-state index contributed by atoms with van der Waals surface area (Å²) in [6.45, 7) is 4.19. The Kier molecular flexibility index (Phi) is 6.52. The third-order valence-corrected chi connectivity index (χ3v) is 5.25. The van der Waals surface area contributed by atoms with Gasteiger partial charge in [-0.25, -0.2) is 0 Å². The van der Waals surface area contributed by atoms with E-state index in [4.69, 9.17) is 4.74 Å². The van der Waals surface area contributed by atoms with Crippen molar-refractivity contribution >= 4 is 33.9 Å². The van der Waals surface area contributed by atoms with E-state index in [0.717, 1.165) is 16.5 Å². The quantitative estimate of drug-likeness (QED) is 0.423. The molecule has 0 spiro atoms. The van der Waals surface area contributed by atoms with Crippen molar-refractivity contribution in [3.05, 3.63) is 63.9 Å². The smallest absolute Gasteiger partial charge is 0.212 e. The predicted octanol–water partition coefficient (Wildman–Crippen LogP) is 4.63. The van der Waals surface area contributed by atoms with Crippen molar-refractivity contribution in [2.24, 2.45) is 5.10 Å². The Morgan fingerprint density at radius 3 is 2.78 bits per heavy atom. The molecule has 0 aliphatic rings. The lowest BCUT2D eigenvalue weighted by atomic mass is 10.2. The first-order valence-corrected chi connectivity index (χ1v) is 10.1. The summed E-state index contributed by atoms with van der Waals surface area (Å²) in [5.74, 6) is 1.97. The summed E-state index contributed by atoms with van der Waals surface area (Å²) in [7, 11) is 0. The summed E-state index contributed by atoms with van der Waals surface area (Å²) in [6.07, 6.45) is 1.69. The number of aryl methyl sites for hydroxylation is 1. The molecule has 27 heavy (non-hydrogen) atoms. The number of hydrogen-bond donors (Lipinski definition) is 1. The van der Waals surface area contributed by atoms with Crippen molar-refractivity contribution in [3.8, 4) is 11.5 Å². The van der Waals surface area contributed by atoms with Crippen LogP contribution in [0.2, 0.25) is 0 Å². The zero-order valence-corrected chi connectivity index (χ0v) is 17.4. The molecule has 0 amide bonds. The second-order valence-electron chi connectivity index (χ2n) is 5.64. The minimum atomic E-state index is 0.0774. The van der Waals surface area contributed by atoms with Gasteiger partial charge in [0.25, 0.3) is 0 Å². The van der Waals surface area contributed by atoms with E-state index >= 15 is 0 Å². The number of aromatic nitrogens is 3. The number of halogens is 1. The van der Waals surface area contributed by atoms with Crippen molar-refractivity contribution < 1.29 is 9.84 Å². The Morgan fingerprint density at radius 1 is 1.26 bits per heavy atom. The average Bonchev–Trinajstić information content (AvgIpc) is 3.03. The molecule has 3 rings (SSSR count). The lowest BCUT2D eigenvalue weighted by Crippen LogP contribution is -1.98. The van der Waals surface area contributed by atoms with Gasteiger partial charge in [0.05, 0.1) is 17.3 Å². The van der Waals surface area contributed by atoms with E-state index in [1.807, 2.05) is 32.0 Å². The number of rotatable bonds is 7. The molecular formula is C19H19BrN4O2S. The van der Waals surface area contributed by atoms with Gasteiger partial charge in [-0.1, -0.05) is 42.1 Å². The third-order valence-electron chi connectivity index (χ3n) is 3.65. The molecule has 0 radical (unpaired) electrons. The number of nitrogens with zero attached hydrogens (tertiary/aromatic N) is 4. The lowest BCUT2D eigenvalue weighted by Gasteiger charge is -2.08. The van der Waals surface area contributed by atoms with Crippen molar-refractivity contribution in [1.29, 1.82) is 0 Å². The number of hydrogen-bond acceptors (Lipinski definition) is 6. The Balaban J connectivity index is 1.80. The number of aromatic hydroxyl groups is 1. The van der Waals surface area contributed by atoms with Crippen molar-refractivity contribution in [1.82, 2.24) is 14.9 Å². The largest absolute Gasteiger partial charge is 0.503 e. The van der Waals surface area contributed by atoms with E-state index in [2.05, 4.69) is 43.4 Å². The van der Waals surface area contributed by atoms with Crippen LogP contribution in [0.4, 0.5) is 0 Å². The summed E-state index contributed by atoms with van der Waals surface area (Å²) in [5, 5.41) is 23.6. The third kappa shape index (κ3) is 4.90. The minimum Gasteiger partial charge on any atom is -0.503 e. The highest BCUT2D eigenvalue weighted by molar-refractivity contribution is 9.10. The SMILES string of the molecule is CCOc1cc(/C=N/n2c(C)nnc2SCc2ccccc2)cc(Br)c1O. The zero-order valence-electron chi connectivity index (χ0n) is 15.0. The van der Waals surface area contributed by atoms with Crippen LogP contribution >= 0.6 is 27.7 Å². The van der Waals surface area contributed by atoms with Crippen LogP contribution in [0.15, 0.2) is 57.2 Å². The van der Waals surface area contributed by atoms with Gasteiger partial charge in [0.2, 0.25) is 5.16 Å². The Labute approximate surface area is 170 Å². The highest BCUT2D eigenvalue weighted by Crippen LogP contribution is 2.35. The van der Waals surface area contributed by atoms with Gasteiger partial charge in [-0.05, 0) is 53.0 Å². The van der Waals surface area contributed by atoms with Crippen LogP contribution in [-0.2, 0) is 5.75 Å². The van der Waals surface area contributed by atoms with Crippen LogP contribution in [0.3, 0.4) is 0 Å². The summed E-state index contributed by atoms with van der Waals surface area (Å²) in [4.78, 5) is 0. The molecule has 8 heteroatoms. The number of ether oxygens (including phenoxy) is 1. The number of thioether (sulfide) groups is 1. The topological polar surface area (TPSA) is 72.5 Å². The molecule has 1 N–H and O–H groups in total. The summed E-state index contributed by atoms with van der Waals surface area (Å²) >= 11 is 4.91. The lowest BCUT2D eigenvalue weighted by molar-refractivity contribution is 0.317. The highest BCUT2D eigenvalue weighted by atomic mass is 79.9. The average molecular weight is 447 g/mol. The van der Waals surface area contributed by atoms with E-state index < -0.39 is 0 Å². The van der Waals surface area contributed by atoms with Gasteiger partial charge in [0.15, 0.2) is 17.3 Å². The van der Waals surface area contributed by atoms with E-state index in [9.17, 15) is 5.11 Å². The Hall–Kier alpha value is -2.32. The predicted molar refractivity (Wildman–Crippen MR) is 111 cm³/mol. The second-order valence-corrected chi connectivity index (χ2v) is 7.44. The molecule has 1 heterocycles. The van der Waals surface area contributed by atoms with Gasteiger partial charge in [-0.3, -0.25) is 0 Å². The van der Waals surface area contributed by atoms with Crippen molar-refractivity contribution in [2.45, 2.75) is 24.8 Å². The first-order valence-electron chi connectivity index (χ1n) is 8.37. The molecule has 6 nitrogen and oxygen atoms in total. The van der Waals surface area contributed by atoms with Crippen LogP contribution in [0.5, 0.6) is 11.5 Å². The van der Waals surface area contributed by atoms with E-state index in [1.54, 1.807) is 34.8 Å². The molecule has 3 aromatic rings. The molecule has 0 aliphatic heterocycles. The molecule has 0 atom stereocenters. The minimum absolute atomic E-state index is 0.0774. The van der Waals surface area contributed by atoms with E-state index in [0.29, 0.717) is 22.7 Å². The van der Waals surface area contributed by atoms with Crippen LogP contribution in [0.1, 0.15) is 23.9 Å². The van der Waals surface area contributed by atoms with Crippen LogP contribution in [-0.4, -0.2) is 32.8 Å². The van der Waals surface area contributed by atoms with Gasteiger partial charge in [0, 0.05) is 5.75 Å². The summed E-state index contributed by atoms with van der Waals surface area (Å²) in [5.41, 5.74) is 2.00. The molecule has 0 saturated heterocycles. The molecule has 0 aliphatic carbocycles. The first-order chi connectivity index (χ1) is 13.1.